The minimum Gasteiger partial charge on any atom is -0.480 e. The second kappa shape index (κ2) is 13.1. The van der Waals surface area contributed by atoms with Crippen molar-refractivity contribution in [1.82, 2.24) is 9.55 Å². The summed E-state index contributed by atoms with van der Waals surface area (Å²) in [4.78, 5) is 29.7. The molecule has 0 atom stereocenters. The van der Waals surface area contributed by atoms with Crippen molar-refractivity contribution in [2.24, 2.45) is 0 Å². The fraction of sp³-hybridized carbons (Fsp3) is 0.393. The maximum absolute atomic E-state index is 12.9. The van der Waals surface area contributed by atoms with Crippen molar-refractivity contribution >= 4 is 35.4 Å². The van der Waals surface area contributed by atoms with E-state index in [0.717, 1.165) is 47.5 Å². The third-order valence-corrected chi connectivity index (χ3v) is 6.74. The average molecular weight is 496 g/mol. The Kier molecular flexibility index (Phi) is 10.6. The molecule has 188 valence electrons. The van der Waals surface area contributed by atoms with Crippen molar-refractivity contribution in [2.45, 2.75) is 71.6 Å². The van der Waals surface area contributed by atoms with Crippen molar-refractivity contribution in [3.8, 4) is 0 Å². The van der Waals surface area contributed by atoms with E-state index in [1.807, 2.05) is 54.8 Å². The van der Waals surface area contributed by atoms with Gasteiger partial charge in [-0.25, -0.2) is 4.98 Å². The van der Waals surface area contributed by atoms with Crippen LogP contribution in [0.4, 0.5) is 5.69 Å². The van der Waals surface area contributed by atoms with Gasteiger partial charge >= 0.3 is 5.97 Å². The fourth-order valence-corrected chi connectivity index (χ4v) is 4.32. The summed E-state index contributed by atoms with van der Waals surface area (Å²) in [7, 11) is 0. The van der Waals surface area contributed by atoms with E-state index in [4.69, 9.17) is 0 Å². The smallest absolute Gasteiger partial charge is 0.319 e. The van der Waals surface area contributed by atoms with Gasteiger partial charge in [0.2, 0.25) is 0 Å². The van der Waals surface area contributed by atoms with E-state index in [2.05, 4.69) is 23.8 Å². The van der Waals surface area contributed by atoms with Crippen molar-refractivity contribution < 1.29 is 14.7 Å². The SMILES string of the molecule is C=C/C(=C\C=C\c1nc(C(=O)Nc2ccc(C)cc2C)cn1CCCCCC)SC(C)(C)C(=O)O. The molecule has 1 heterocycles. The van der Waals surface area contributed by atoms with Crippen LogP contribution in [-0.4, -0.2) is 31.3 Å². The molecule has 1 aromatic heterocycles. The van der Waals surface area contributed by atoms with E-state index >= 15 is 0 Å². The Balaban J connectivity index is 2.26. The summed E-state index contributed by atoms with van der Waals surface area (Å²) in [6.45, 7) is 14.0. The van der Waals surface area contributed by atoms with Gasteiger partial charge in [-0.1, -0.05) is 62.6 Å². The number of carboxylic acids is 1. The van der Waals surface area contributed by atoms with Crippen LogP contribution < -0.4 is 5.32 Å². The molecule has 0 radical (unpaired) electrons. The summed E-state index contributed by atoms with van der Waals surface area (Å²) in [5.41, 5.74) is 3.27. The summed E-state index contributed by atoms with van der Waals surface area (Å²) in [5, 5.41) is 12.4. The van der Waals surface area contributed by atoms with Gasteiger partial charge < -0.3 is 15.0 Å². The topological polar surface area (TPSA) is 84.2 Å². The van der Waals surface area contributed by atoms with Gasteiger partial charge in [0.25, 0.3) is 5.91 Å². The highest BCUT2D eigenvalue weighted by molar-refractivity contribution is 8.05. The molecule has 7 heteroatoms. The van der Waals surface area contributed by atoms with Gasteiger partial charge in [-0.15, -0.1) is 11.8 Å². The third-order valence-electron chi connectivity index (χ3n) is 5.52. The van der Waals surface area contributed by atoms with Gasteiger partial charge in [0.05, 0.1) is 0 Å². The zero-order valence-corrected chi connectivity index (χ0v) is 22.2. The van der Waals surface area contributed by atoms with Gasteiger partial charge in [0, 0.05) is 23.3 Å². The molecular formula is C28H37N3O3S. The first-order valence-corrected chi connectivity index (χ1v) is 12.8. The number of carbonyl (C=O) groups excluding carboxylic acids is 1. The van der Waals surface area contributed by atoms with Gasteiger partial charge in [0.1, 0.15) is 16.3 Å². The molecule has 0 saturated heterocycles. The standard InChI is InChI=1S/C28H37N3O3S/c1-7-9-10-11-17-31-19-24(26(32)30-23-16-15-20(3)18-21(23)4)29-25(31)14-12-13-22(8-2)35-28(5,6)27(33)34/h8,12-16,18-19H,2,7,9-11,17H2,1,3-6H3,(H,30,32)(H,33,34)/b14-12+,22-13+. The lowest BCUT2D eigenvalue weighted by Crippen LogP contribution is -2.27. The highest BCUT2D eigenvalue weighted by Gasteiger charge is 2.28. The number of carboxylic acid groups (broad SMARTS) is 1. The van der Waals surface area contributed by atoms with Gasteiger partial charge in [0.15, 0.2) is 0 Å². The number of nitrogens with one attached hydrogen (secondary N) is 1. The zero-order chi connectivity index (χ0) is 26.0. The number of benzene rings is 1. The summed E-state index contributed by atoms with van der Waals surface area (Å²) >= 11 is 1.23. The van der Waals surface area contributed by atoms with Crippen LogP contribution in [0.1, 0.15) is 73.9 Å². The summed E-state index contributed by atoms with van der Waals surface area (Å²) < 4.78 is 1.03. The molecular weight excluding hydrogens is 458 g/mol. The molecule has 0 aliphatic heterocycles. The Morgan fingerprint density at radius 3 is 2.60 bits per heavy atom. The number of amides is 1. The summed E-state index contributed by atoms with van der Waals surface area (Å²) in [6, 6.07) is 5.91. The molecule has 0 spiro atoms. The second-order valence-corrected chi connectivity index (χ2v) is 10.8. The van der Waals surface area contributed by atoms with Crippen molar-refractivity contribution in [3.63, 3.8) is 0 Å². The molecule has 2 rings (SSSR count). The zero-order valence-electron chi connectivity index (χ0n) is 21.4. The summed E-state index contributed by atoms with van der Waals surface area (Å²) in [5.74, 6) is -0.462. The number of anilines is 1. The van der Waals surface area contributed by atoms with E-state index in [9.17, 15) is 14.7 Å². The lowest BCUT2D eigenvalue weighted by atomic mass is 10.1. The fourth-order valence-electron chi connectivity index (χ4n) is 3.41. The quantitative estimate of drug-likeness (QED) is 0.231. The minimum atomic E-state index is -0.967. The van der Waals surface area contributed by atoms with Crippen LogP contribution in [0.15, 0.2) is 54.1 Å². The number of aromatic nitrogens is 2. The molecule has 0 fully saturated rings. The molecule has 0 unspecified atom stereocenters. The van der Waals surface area contributed by atoms with Crippen LogP contribution >= 0.6 is 11.8 Å². The predicted molar refractivity (Wildman–Crippen MR) is 147 cm³/mol. The van der Waals surface area contributed by atoms with Crippen LogP contribution in [0.2, 0.25) is 0 Å². The number of thioether (sulfide) groups is 1. The lowest BCUT2D eigenvalue weighted by molar-refractivity contribution is -0.138. The largest absolute Gasteiger partial charge is 0.480 e. The lowest BCUT2D eigenvalue weighted by Gasteiger charge is -2.18. The number of rotatable bonds is 13. The van der Waals surface area contributed by atoms with Crippen LogP contribution in [0.25, 0.3) is 6.08 Å². The van der Waals surface area contributed by atoms with E-state index in [-0.39, 0.29) is 5.91 Å². The normalized spacial score (nSPS) is 12.2. The van der Waals surface area contributed by atoms with Gasteiger partial charge in [-0.2, -0.15) is 0 Å². The highest BCUT2D eigenvalue weighted by Crippen LogP contribution is 2.32. The number of hydrogen-bond acceptors (Lipinski definition) is 4. The highest BCUT2D eigenvalue weighted by atomic mass is 32.2. The van der Waals surface area contributed by atoms with E-state index < -0.39 is 10.7 Å². The van der Waals surface area contributed by atoms with Crippen LogP contribution in [0.3, 0.4) is 0 Å². The molecule has 0 bridgehead atoms. The van der Waals surface area contributed by atoms with Crippen LogP contribution in [0, 0.1) is 13.8 Å². The average Bonchev–Trinajstić information content (AvgIpc) is 3.20. The molecule has 0 saturated carbocycles. The molecule has 1 amide bonds. The molecule has 0 aliphatic rings. The Labute approximate surface area is 213 Å². The first kappa shape index (κ1) is 28.2. The van der Waals surface area contributed by atoms with Gasteiger partial charge in [-0.3, -0.25) is 9.59 Å². The number of aryl methyl sites for hydroxylation is 3. The number of nitrogens with zero attached hydrogens (tertiary/aromatic N) is 2. The van der Waals surface area contributed by atoms with Crippen molar-refractivity contribution in [1.29, 1.82) is 0 Å². The second-order valence-electron chi connectivity index (χ2n) is 9.06. The number of aliphatic carboxylic acids is 1. The monoisotopic (exact) mass is 495 g/mol. The van der Waals surface area contributed by atoms with Crippen LogP contribution in [0.5, 0.6) is 0 Å². The number of imidazole rings is 1. The molecule has 0 aliphatic carbocycles. The Morgan fingerprint density at radius 1 is 1.23 bits per heavy atom. The summed E-state index contributed by atoms with van der Waals surface area (Å²) in [6.07, 6.45) is 13.3. The third kappa shape index (κ3) is 8.58. The Hall–Kier alpha value is -3.06. The van der Waals surface area contributed by atoms with Crippen LogP contribution in [-0.2, 0) is 11.3 Å². The predicted octanol–water partition coefficient (Wildman–Crippen LogP) is 7.01. The first-order valence-electron chi connectivity index (χ1n) is 12.0. The molecule has 6 nitrogen and oxygen atoms in total. The number of unbranched alkanes of at least 4 members (excludes halogenated alkanes) is 3. The van der Waals surface area contributed by atoms with E-state index in [1.54, 1.807) is 26.1 Å². The number of carbonyl (C=O) groups is 2. The first-order chi connectivity index (χ1) is 16.6. The van der Waals surface area contributed by atoms with E-state index in [0.29, 0.717) is 11.5 Å². The van der Waals surface area contributed by atoms with E-state index in [1.165, 1.54) is 18.2 Å². The van der Waals surface area contributed by atoms with Crippen molar-refractivity contribution in [3.05, 3.63) is 76.8 Å². The number of hydrogen-bond donors (Lipinski definition) is 2. The molecule has 2 N–H and O–H groups in total. The maximum atomic E-state index is 12.9. The van der Waals surface area contributed by atoms with Crippen molar-refractivity contribution in [2.75, 3.05) is 5.32 Å². The Bertz CT molecular complexity index is 1110. The minimum absolute atomic E-state index is 0.250. The number of allylic oxidation sites excluding steroid dienone is 3. The molecule has 1 aromatic carbocycles. The maximum Gasteiger partial charge on any atom is 0.319 e. The Morgan fingerprint density at radius 2 is 1.97 bits per heavy atom. The molecule has 2 aromatic rings. The molecule has 35 heavy (non-hydrogen) atoms. The van der Waals surface area contributed by atoms with Gasteiger partial charge in [-0.05, 0) is 57.9 Å².